The molecule has 24 heavy (non-hydrogen) atoms. The number of hydrogen-bond acceptors (Lipinski definition) is 7. The number of aromatic nitrogens is 1. The van der Waals surface area contributed by atoms with Gasteiger partial charge in [-0.2, -0.15) is 0 Å². The molecule has 2 atom stereocenters. The lowest BCUT2D eigenvalue weighted by Gasteiger charge is -2.48. The van der Waals surface area contributed by atoms with Gasteiger partial charge in [0, 0.05) is 11.5 Å². The van der Waals surface area contributed by atoms with E-state index >= 15 is 0 Å². The number of thiazole rings is 1. The number of β-lactam (4-membered cyclic amide) rings is 1. The number of hydrogen-bond donors (Lipinski definition) is 2. The fourth-order valence-corrected chi connectivity index (χ4v) is 6.25. The van der Waals surface area contributed by atoms with Crippen molar-refractivity contribution in [1.29, 1.82) is 0 Å². The highest BCUT2D eigenvalue weighted by atomic mass is 32.2. The molecule has 2 aromatic rings. The molecule has 0 aliphatic carbocycles. The van der Waals surface area contributed by atoms with Crippen molar-refractivity contribution in [1.82, 2.24) is 9.88 Å². The standard InChI is InChI=1S/C15H13N3O3S3/c16-10-12(19)18-11(14(20)21)7(5-22-13(10)18)6-23-15-17-8-3-1-2-4-9(8)24-15/h1-4,10,13H,5-6,16H2,(H,20,21)/t10-,13-/m1/s1. The number of carbonyl (C=O) groups is 2. The molecule has 1 aromatic heterocycles. The largest absolute Gasteiger partial charge is 0.477 e. The number of carboxylic acid groups (broad SMARTS) is 1. The number of carbonyl (C=O) groups excluding carboxylic acids is 1. The summed E-state index contributed by atoms with van der Waals surface area (Å²) in [6, 6.07) is 7.29. The van der Waals surface area contributed by atoms with Gasteiger partial charge in [-0.25, -0.2) is 9.78 Å². The van der Waals surface area contributed by atoms with Crippen LogP contribution in [0.5, 0.6) is 0 Å². The number of amides is 1. The monoisotopic (exact) mass is 379 g/mol. The summed E-state index contributed by atoms with van der Waals surface area (Å²) in [5, 5.41) is 9.27. The normalized spacial score (nSPS) is 23.4. The minimum Gasteiger partial charge on any atom is -0.477 e. The molecule has 0 bridgehead atoms. The molecular weight excluding hydrogens is 366 g/mol. The number of fused-ring (bicyclic) bond motifs is 2. The van der Waals surface area contributed by atoms with E-state index in [1.165, 1.54) is 28.4 Å². The van der Waals surface area contributed by atoms with E-state index in [-0.39, 0.29) is 17.0 Å². The molecule has 2 aliphatic rings. The number of benzene rings is 1. The maximum absolute atomic E-state index is 11.9. The summed E-state index contributed by atoms with van der Waals surface area (Å²) >= 11 is 4.62. The minimum atomic E-state index is -1.07. The Morgan fingerprint density at radius 1 is 1.46 bits per heavy atom. The van der Waals surface area contributed by atoms with Crippen molar-refractivity contribution in [2.45, 2.75) is 15.8 Å². The van der Waals surface area contributed by atoms with Crippen LogP contribution in [0.4, 0.5) is 0 Å². The zero-order chi connectivity index (χ0) is 16.8. The average Bonchev–Trinajstić information content (AvgIpc) is 3.01. The van der Waals surface area contributed by atoms with Crippen molar-refractivity contribution in [2.75, 3.05) is 11.5 Å². The number of thioether (sulfide) groups is 2. The summed E-state index contributed by atoms with van der Waals surface area (Å²) in [5.74, 6) is -0.311. The molecule has 3 N–H and O–H groups in total. The Morgan fingerprint density at radius 2 is 2.25 bits per heavy atom. The van der Waals surface area contributed by atoms with Gasteiger partial charge in [-0.3, -0.25) is 9.69 Å². The molecule has 0 radical (unpaired) electrons. The number of rotatable bonds is 4. The molecule has 1 saturated heterocycles. The predicted octanol–water partition coefficient (Wildman–Crippen LogP) is 1.97. The molecule has 1 fully saturated rings. The quantitative estimate of drug-likeness (QED) is 0.619. The summed E-state index contributed by atoms with van der Waals surface area (Å²) in [6.07, 6.45) is 0. The summed E-state index contributed by atoms with van der Waals surface area (Å²) in [6.45, 7) is 0. The Morgan fingerprint density at radius 3 is 3.00 bits per heavy atom. The van der Waals surface area contributed by atoms with E-state index in [9.17, 15) is 14.7 Å². The number of para-hydroxylation sites is 1. The summed E-state index contributed by atoms with van der Waals surface area (Å²) in [7, 11) is 0. The first-order valence-electron chi connectivity index (χ1n) is 7.20. The van der Waals surface area contributed by atoms with E-state index in [0.717, 1.165) is 20.1 Å². The Labute approximate surface area is 150 Å². The molecule has 2 aliphatic heterocycles. The smallest absolute Gasteiger partial charge is 0.352 e. The minimum absolute atomic E-state index is 0.0964. The summed E-state index contributed by atoms with van der Waals surface area (Å²) in [4.78, 5) is 29.4. The van der Waals surface area contributed by atoms with Crippen LogP contribution in [-0.4, -0.2) is 49.8 Å². The van der Waals surface area contributed by atoms with E-state index in [1.54, 1.807) is 11.3 Å². The highest BCUT2D eigenvalue weighted by molar-refractivity contribution is 8.02. The molecule has 9 heteroatoms. The third kappa shape index (κ3) is 2.52. The van der Waals surface area contributed by atoms with Gasteiger partial charge in [0.1, 0.15) is 17.1 Å². The molecule has 6 nitrogen and oxygen atoms in total. The van der Waals surface area contributed by atoms with Crippen molar-refractivity contribution < 1.29 is 14.7 Å². The average molecular weight is 379 g/mol. The van der Waals surface area contributed by atoms with Crippen LogP contribution < -0.4 is 5.73 Å². The van der Waals surface area contributed by atoms with Gasteiger partial charge in [0.05, 0.1) is 10.2 Å². The van der Waals surface area contributed by atoms with E-state index in [1.807, 2.05) is 24.3 Å². The molecule has 4 rings (SSSR count). The van der Waals surface area contributed by atoms with Gasteiger partial charge in [0.2, 0.25) is 5.91 Å². The van der Waals surface area contributed by atoms with Crippen LogP contribution in [0.3, 0.4) is 0 Å². The van der Waals surface area contributed by atoms with Gasteiger partial charge in [0.25, 0.3) is 0 Å². The van der Waals surface area contributed by atoms with Gasteiger partial charge in [0.15, 0.2) is 4.34 Å². The highest BCUT2D eigenvalue weighted by Gasteiger charge is 2.51. The molecule has 0 saturated carbocycles. The number of nitrogens with two attached hydrogens (primary N) is 1. The van der Waals surface area contributed by atoms with Crippen LogP contribution in [0.1, 0.15) is 0 Å². The topological polar surface area (TPSA) is 96.5 Å². The Hall–Kier alpha value is -1.55. The molecule has 0 unspecified atom stereocenters. The maximum atomic E-state index is 11.9. The summed E-state index contributed by atoms with van der Waals surface area (Å²) < 4.78 is 2.00. The van der Waals surface area contributed by atoms with Crippen LogP contribution >= 0.6 is 34.9 Å². The van der Waals surface area contributed by atoms with Crippen LogP contribution in [-0.2, 0) is 9.59 Å². The molecular formula is C15H13N3O3S3. The molecule has 3 heterocycles. The third-order valence-electron chi connectivity index (χ3n) is 3.94. The van der Waals surface area contributed by atoms with Gasteiger partial charge in [-0.05, 0) is 17.7 Å². The van der Waals surface area contributed by atoms with Gasteiger partial charge in [-0.15, -0.1) is 23.1 Å². The molecule has 1 amide bonds. The molecule has 0 spiro atoms. The van der Waals surface area contributed by atoms with E-state index < -0.39 is 12.0 Å². The lowest BCUT2D eigenvalue weighted by atomic mass is 10.0. The first-order valence-corrected chi connectivity index (χ1v) is 10.1. The van der Waals surface area contributed by atoms with Crippen LogP contribution in [0, 0.1) is 0 Å². The van der Waals surface area contributed by atoms with E-state index in [0.29, 0.717) is 11.5 Å². The molecule has 1 aromatic carbocycles. The van der Waals surface area contributed by atoms with E-state index in [2.05, 4.69) is 4.98 Å². The van der Waals surface area contributed by atoms with Gasteiger partial charge < -0.3 is 10.8 Å². The number of nitrogens with zero attached hydrogens (tertiary/aromatic N) is 2. The fourth-order valence-electron chi connectivity index (χ4n) is 2.75. The Kier molecular flexibility index (Phi) is 4.03. The van der Waals surface area contributed by atoms with Gasteiger partial charge in [-0.1, -0.05) is 23.9 Å². The van der Waals surface area contributed by atoms with Crippen LogP contribution in [0.25, 0.3) is 10.2 Å². The SMILES string of the molecule is N[C@@H]1C(=O)N2C(C(=O)O)=C(CSc3nc4ccccc4s3)CS[C@H]12. The lowest BCUT2D eigenvalue weighted by Crippen LogP contribution is -2.68. The highest BCUT2D eigenvalue weighted by Crippen LogP contribution is 2.41. The van der Waals surface area contributed by atoms with E-state index in [4.69, 9.17) is 5.73 Å². The zero-order valence-corrected chi connectivity index (χ0v) is 14.8. The fraction of sp³-hybridized carbons (Fsp3) is 0.267. The first kappa shape index (κ1) is 15.9. The second-order valence-corrected chi connectivity index (χ2v) is 8.79. The van der Waals surface area contributed by atoms with Gasteiger partial charge >= 0.3 is 5.97 Å². The zero-order valence-electron chi connectivity index (χ0n) is 12.3. The first-order chi connectivity index (χ1) is 11.6. The third-order valence-corrected chi connectivity index (χ3v) is 7.56. The second-order valence-electron chi connectivity index (χ2n) is 5.43. The van der Waals surface area contributed by atoms with Crippen LogP contribution in [0.2, 0.25) is 0 Å². The maximum Gasteiger partial charge on any atom is 0.352 e. The molecule has 124 valence electrons. The van der Waals surface area contributed by atoms with Crippen molar-refractivity contribution in [3.63, 3.8) is 0 Å². The Bertz CT molecular complexity index is 846. The van der Waals surface area contributed by atoms with Crippen molar-refractivity contribution in [3.8, 4) is 0 Å². The Balaban J connectivity index is 1.58. The van der Waals surface area contributed by atoms with Crippen molar-refractivity contribution in [3.05, 3.63) is 35.5 Å². The predicted molar refractivity (Wildman–Crippen MR) is 96.1 cm³/mol. The lowest BCUT2D eigenvalue weighted by molar-refractivity contribution is -0.147. The number of carboxylic acids is 1. The van der Waals surface area contributed by atoms with Crippen molar-refractivity contribution >= 4 is 57.0 Å². The summed E-state index contributed by atoms with van der Waals surface area (Å²) in [5.41, 5.74) is 7.54. The second kappa shape index (κ2) is 6.07. The van der Waals surface area contributed by atoms with Crippen LogP contribution in [0.15, 0.2) is 39.9 Å². The number of aliphatic carboxylic acids is 1. The van der Waals surface area contributed by atoms with Crippen molar-refractivity contribution in [2.24, 2.45) is 5.73 Å².